The number of aliphatic carboxylic acids is 1. The van der Waals surface area contributed by atoms with Crippen molar-refractivity contribution in [3.63, 3.8) is 0 Å². The van der Waals surface area contributed by atoms with Crippen molar-refractivity contribution in [3.05, 3.63) is 60.8 Å². The van der Waals surface area contributed by atoms with E-state index in [9.17, 15) is 23.8 Å². The van der Waals surface area contributed by atoms with E-state index in [1.54, 1.807) is 0 Å². The van der Waals surface area contributed by atoms with Crippen LogP contribution in [0.4, 0.5) is 0 Å². The van der Waals surface area contributed by atoms with Crippen LogP contribution in [0.2, 0.25) is 0 Å². The van der Waals surface area contributed by atoms with Crippen molar-refractivity contribution in [2.75, 3.05) is 19.8 Å². The van der Waals surface area contributed by atoms with Crippen LogP contribution in [0.5, 0.6) is 0 Å². The molecule has 0 fully saturated rings. The Kier molecular flexibility index (Phi) is 37.1. The van der Waals surface area contributed by atoms with Crippen LogP contribution < -0.4 is 5.73 Å². The quantitative estimate of drug-likeness (QED) is 0.0233. The van der Waals surface area contributed by atoms with Crippen LogP contribution in [-0.2, 0) is 37.5 Å². The van der Waals surface area contributed by atoms with Crippen molar-refractivity contribution in [1.29, 1.82) is 0 Å². The Hall–Kier alpha value is -2.82. The average molecular weight is 810 g/mol. The highest BCUT2D eigenvalue weighted by atomic mass is 31.2. The first-order chi connectivity index (χ1) is 27.1. The summed E-state index contributed by atoms with van der Waals surface area (Å²) in [5, 5.41) is 8.88. The normalized spacial score (nSPS) is 14.4. The maximum Gasteiger partial charge on any atom is 0.472 e. The van der Waals surface area contributed by atoms with Crippen molar-refractivity contribution in [3.8, 4) is 0 Å². The third-order valence-corrected chi connectivity index (χ3v) is 9.69. The highest BCUT2D eigenvalue weighted by Gasteiger charge is 2.28. The molecule has 0 aromatic heterocycles. The highest BCUT2D eigenvalue weighted by Crippen LogP contribution is 2.43. The van der Waals surface area contributed by atoms with E-state index in [4.69, 9.17) is 24.8 Å². The summed E-state index contributed by atoms with van der Waals surface area (Å²) in [5.41, 5.74) is 5.32. The van der Waals surface area contributed by atoms with Gasteiger partial charge in [-0.3, -0.25) is 23.4 Å². The van der Waals surface area contributed by atoms with Gasteiger partial charge in [0.25, 0.3) is 0 Å². The predicted octanol–water partition coefficient (Wildman–Crippen LogP) is 11.2. The molecule has 322 valence electrons. The van der Waals surface area contributed by atoms with Gasteiger partial charge in [0.05, 0.1) is 13.2 Å². The van der Waals surface area contributed by atoms with Gasteiger partial charge in [-0.15, -0.1) is 0 Å². The molecule has 0 aliphatic heterocycles. The van der Waals surface area contributed by atoms with Gasteiger partial charge in [0.1, 0.15) is 12.6 Å². The van der Waals surface area contributed by atoms with Gasteiger partial charge in [0.2, 0.25) is 0 Å². The molecule has 0 aromatic carbocycles. The van der Waals surface area contributed by atoms with Crippen LogP contribution in [0.1, 0.15) is 168 Å². The van der Waals surface area contributed by atoms with E-state index in [0.29, 0.717) is 19.3 Å². The molecule has 1 unspecified atom stereocenters. The van der Waals surface area contributed by atoms with Gasteiger partial charge in [0, 0.05) is 12.8 Å². The Morgan fingerprint density at radius 2 is 0.964 bits per heavy atom. The van der Waals surface area contributed by atoms with Crippen molar-refractivity contribution < 1.29 is 47.5 Å². The molecule has 0 radical (unpaired) electrons. The number of carbonyl (C=O) groups excluding carboxylic acids is 2. The summed E-state index contributed by atoms with van der Waals surface area (Å²) in [6, 6.07) is -1.53. The largest absolute Gasteiger partial charge is 0.480 e. The minimum absolute atomic E-state index is 0.142. The minimum atomic E-state index is -4.73. The smallest absolute Gasteiger partial charge is 0.472 e. The molecule has 3 atom stereocenters. The Morgan fingerprint density at radius 1 is 0.554 bits per heavy atom. The van der Waals surface area contributed by atoms with Gasteiger partial charge in [-0.25, -0.2) is 4.57 Å². The lowest BCUT2D eigenvalue weighted by atomic mass is 10.1. The van der Waals surface area contributed by atoms with Gasteiger partial charge in [-0.05, 0) is 77.0 Å². The predicted molar refractivity (Wildman–Crippen MR) is 226 cm³/mol. The number of carboxylic acids is 1. The van der Waals surface area contributed by atoms with E-state index < -0.39 is 51.1 Å². The third kappa shape index (κ3) is 38.1. The molecule has 0 spiro atoms. The average Bonchev–Trinajstić information content (AvgIpc) is 3.17. The molecule has 0 aromatic rings. The van der Waals surface area contributed by atoms with E-state index in [-0.39, 0.29) is 19.4 Å². The second kappa shape index (κ2) is 39.0. The van der Waals surface area contributed by atoms with Gasteiger partial charge in [0.15, 0.2) is 6.10 Å². The molecule has 56 heavy (non-hydrogen) atoms. The molecule has 4 N–H and O–H groups in total. The first kappa shape index (κ1) is 53.2. The van der Waals surface area contributed by atoms with E-state index in [0.717, 1.165) is 57.8 Å². The second-order valence-electron chi connectivity index (χ2n) is 14.1. The van der Waals surface area contributed by atoms with Crippen molar-refractivity contribution in [2.45, 2.75) is 180 Å². The van der Waals surface area contributed by atoms with Crippen molar-refractivity contribution in [2.24, 2.45) is 5.73 Å². The molecule has 0 amide bonds. The van der Waals surface area contributed by atoms with Crippen LogP contribution in [0.15, 0.2) is 60.8 Å². The summed E-state index contributed by atoms with van der Waals surface area (Å²) < 4.78 is 32.6. The number of phosphoric acid groups is 1. The van der Waals surface area contributed by atoms with Crippen molar-refractivity contribution in [1.82, 2.24) is 0 Å². The number of nitrogens with two attached hydrogens (primary N) is 1. The fourth-order valence-electron chi connectivity index (χ4n) is 5.34. The molecule has 11 nitrogen and oxygen atoms in total. The van der Waals surface area contributed by atoms with E-state index in [2.05, 4.69) is 67.0 Å². The number of allylic oxidation sites excluding steroid dienone is 10. The van der Waals surface area contributed by atoms with Gasteiger partial charge >= 0.3 is 25.7 Å². The number of carboxylic acid groups (broad SMARTS) is 1. The number of unbranched alkanes of at least 4 members (excludes halogenated alkanes) is 15. The summed E-state index contributed by atoms with van der Waals surface area (Å²) in [5.74, 6) is -2.46. The first-order valence-corrected chi connectivity index (χ1v) is 22.8. The number of esters is 2. The van der Waals surface area contributed by atoms with Gasteiger partial charge < -0.3 is 25.2 Å². The van der Waals surface area contributed by atoms with Crippen LogP contribution in [0, 0.1) is 0 Å². The molecule has 0 bridgehead atoms. The third-order valence-electron chi connectivity index (χ3n) is 8.74. The topological polar surface area (TPSA) is 172 Å². The number of phosphoric ester groups is 1. The highest BCUT2D eigenvalue weighted by molar-refractivity contribution is 7.47. The first-order valence-electron chi connectivity index (χ1n) is 21.3. The fourth-order valence-corrected chi connectivity index (χ4v) is 6.12. The molecule has 0 aliphatic rings. The van der Waals surface area contributed by atoms with Crippen molar-refractivity contribution >= 4 is 25.7 Å². The minimum Gasteiger partial charge on any atom is -0.480 e. The zero-order valence-corrected chi connectivity index (χ0v) is 35.6. The molecule has 12 heteroatoms. The zero-order chi connectivity index (χ0) is 41.4. The summed E-state index contributed by atoms with van der Waals surface area (Å²) in [7, 11) is -4.73. The maximum atomic E-state index is 12.6. The van der Waals surface area contributed by atoms with E-state index in [1.807, 2.05) is 12.2 Å². The monoisotopic (exact) mass is 810 g/mol. The Morgan fingerprint density at radius 3 is 1.52 bits per heavy atom. The number of ether oxygens (including phenoxy) is 2. The molecule has 0 heterocycles. The summed E-state index contributed by atoms with van der Waals surface area (Å²) >= 11 is 0. The molecule has 0 aliphatic carbocycles. The van der Waals surface area contributed by atoms with Gasteiger partial charge in [-0.1, -0.05) is 139 Å². The van der Waals surface area contributed by atoms with Crippen LogP contribution >= 0.6 is 7.82 Å². The van der Waals surface area contributed by atoms with E-state index >= 15 is 0 Å². The fraction of sp³-hybridized carbons (Fsp3) is 0.705. The number of hydrogen-bond donors (Lipinski definition) is 3. The van der Waals surface area contributed by atoms with Crippen LogP contribution in [0.25, 0.3) is 0 Å². The summed E-state index contributed by atoms with van der Waals surface area (Å²) in [6.45, 7) is 2.69. The lowest BCUT2D eigenvalue weighted by Gasteiger charge is -2.20. The number of hydrogen-bond acceptors (Lipinski definition) is 9. The van der Waals surface area contributed by atoms with Crippen LogP contribution in [-0.4, -0.2) is 59.9 Å². The Balaban J connectivity index is 4.49. The number of rotatable bonds is 39. The summed E-state index contributed by atoms with van der Waals surface area (Å²) in [6.07, 6.45) is 44.3. The molecular formula is C44H76NO10P. The molecular weight excluding hydrogens is 733 g/mol. The Bertz CT molecular complexity index is 1180. The van der Waals surface area contributed by atoms with E-state index in [1.165, 1.54) is 64.2 Å². The lowest BCUT2D eigenvalue weighted by Crippen LogP contribution is -2.34. The SMILES string of the molecule is CCCCC/C=C\C/C=C\C/C=C\C/C=C\CCCC(=O)OC[C@H](COP(=O)(O)OC[C@H](N)C(=O)O)OC(=O)CCCCCCCCC/C=C\CCCCCC. The molecule has 0 saturated heterocycles. The second-order valence-corrected chi connectivity index (χ2v) is 15.6. The molecule has 0 rings (SSSR count). The van der Waals surface area contributed by atoms with Crippen LogP contribution in [0.3, 0.4) is 0 Å². The number of carbonyl (C=O) groups is 3. The molecule has 0 saturated carbocycles. The van der Waals surface area contributed by atoms with Gasteiger partial charge in [-0.2, -0.15) is 0 Å². The zero-order valence-electron chi connectivity index (χ0n) is 34.7. The lowest BCUT2D eigenvalue weighted by molar-refractivity contribution is -0.161. The standard InChI is InChI=1S/C44H76NO10P/c1-3-5-7-9-11-13-15-17-19-20-22-23-25-27-29-31-33-35-42(46)52-37-40(38-53-56(50,51)54-39-41(45)44(48)49)55-43(47)36-34-32-30-28-26-24-21-18-16-14-12-10-8-6-4-2/h11,13-14,16-17,19,22-23,27,29,40-41H,3-10,12,15,18,20-21,24-26,28,30-39,45H2,1-2H3,(H,48,49)(H,50,51)/b13-11-,16-14-,19-17-,23-22-,29-27-/t40-,41+/m1/s1. The maximum absolute atomic E-state index is 12.6. The Labute approximate surface area is 338 Å². The summed E-state index contributed by atoms with van der Waals surface area (Å²) in [4.78, 5) is 45.9.